The fourth-order valence-electron chi connectivity index (χ4n) is 3.17. The van der Waals surface area contributed by atoms with Crippen LogP contribution in [0.2, 0.25) is 0 Å². The SMILES string of the molecule is CC1=C(c2[c-]c3c(cc2)-c2ccccc2C3)CC=C1.Cl.Cl.[CH3-].[CH3-].[SiH2]=[Zr]. The Kier molecular flexibility index (Phi) is 13.0. The van der Waals surface area contributed by atoms with E-state index in [9.17, 15) is 0 Å². The molecule has 0 nitrogen and oxygen atoms in total. The Morgan fingerprint density at radius 2 is 1.64 bits per heavy atom. The molecule has 4 heteroatoms. The van der Waals surface area contributed by atoms with Crippen molar-refractivity contribution in [1.82, 2.24) is 0 Å². The Hall–Kier alpha value is -0.400. The summed E-state index contributed by atoms with van der Waals surface area (Å²) in [6.45, 7) is 4.14. The second-order valence-electron chi connectivity index (χ2n) is 5.37. The molecule has 0 spiro atoms. The van der Waals surface area contributed by atoms with E-state index in [1.807, 2.05) is 6.88 Å². The molecule has 0 aliphatic heterocycles. The third-order valence-electron chi connectivity index (χ3n) is 4.19. The zero-order chi connectivity index (χ0) is 14.8. The van der Waals surface area contributed by atoms with E-state index in [-0.39, 0.29) is 39.7 Å². The van der Waals surface area contributed by atoms with Crippen molar-refractivity contribution in [2.75, 3.05) is 0 Å². The van der Waals surface area contributed by atoms with Gasteiger partial charge in [-0.05, 0) is 25.3 Å². The van der Waals surface area contributed by atoms with Gasteiger partial charge in [0.25, 0.3) is 0 Å². The molecule has 0 aromatic heterocycles. The van der Waals surface area contributed by atoms with Crippen molar-refractivity contribution in [3.8, 4) is 11.1 Å². The van der Waals surface area contributed by atoms with Gasteiger partial charge in [0.1, 0.15) is 0 Å². The summed E-state index contributed by atoms with van der Waals surface area (Å²) in [5, 5.41) is 0. The minimum atomic E-state index is 0. The van der Waals surface area contributed by atoms with Crippen LogP contribution in [0.1, 0.15) is 30.0 Å². The van der Waals surface area contributed by atoms with Crippen molar-refractivity contribution < 1.29 is 23.3 Å². The molecule has 0 unspecified atom stereocenters. The molecule has 0 saturated carbocycles. The molecule has 2 aromatic rings. The summed E-state index contributed by atoms with van der Waals surface area (Å²) in [5.74, 6) is 0. The van der Waals surface area contributed by atoms with Gasteiger partial charge in [0.05, 0.1) is 0 Å². The quantitative estimate of drug-likeness (QED) is 0.322. The third-order valence-corrected chi connectivity index (χ3v) is 4.19. The Morgan fingerprint density at radius 3 is 2.28 bits per heavy atom. The summed E-state index contributed by atoms with van der Waals surface area (Å²) < 4.78 is 0. The van der Waals surface area contributed by atoms with Crippen LogP contribution in [0.4, 0.5) is 0 Å². The summed E-state index contributed by atoms with van der Waals surface area (Å²) in [7, 11) is 0. The second kappa shape index (κ2) is 12.1. The van der Waals surface area contributed by atoms with Crippen molar-refractivity contribution in [3.63, 3.8) is 0 Å². The van der Waals surface area contributed by atoms with Crippen molar-refractivity contribution >= 4 is 37.3 Å². The molecular formula is C21H25Cl2SiZr-3. The van der Waals surface area contributed by atoms with Crippen molar-refractivity contribution in [1.29, 1.82) is 0 Å². The van der Waals surface area contributed by atoms with Gasteiger partial charge >= 0.3 is 30.2 Å². The zero-order valence-corrected chi connectivity index (χ0v) is 20.6. The first-order chi connectivity index (χ1) is 10.3. The number of fused-ring (bicyclic) bond motifs is 3. The summed E-state index contributed by atoms with van der Waals surface area (Å²) in [5.41, 5.74) is 9.62. The van der Waals surface area contributed by atoms with E-state index in [1.54, 1.807) is 23.3 Å². The Labute approximate surface area is 182 Å². The molecule has 134 valence electrons. The molecule has 0 heterocycles. The summed E-state index contributed by atoms with van der Waals surface area (Å²) in [6.07, 6.45) is 6.53. The van der Waals surface area contributed by atoms with E-state index in [0.717, 1.165) is 12.8 Å². The molecule has 2 aliphatic rings. The number of rotatable bonds is 1. The normalized spacial score (nSPS) is 12.2. The maximum absolute atomic E-state index is 3.65. The van der Waals surface area contributed by atoms with Crippen molar-refractivity contribution in [2.24, 2.45) is 0 Å². The number of allylic oxidation sites excluding steroid dienone is 4. The second-order valence-corrected chi connectivity index (χ2v) is 5.37. The van der Waals surface area contributed by atoms with Crippen LogP contribution in [0.15, 0.2) is 54.1 Å². The van der Waals surface area contributed by atoms with E-state index in [2.05, 4.69) is 61.5 Å². The van der Waals surface area contributed by atoms with E-state index in [1.165, 1.54) is 39.0 Å². The Morgan fingerprint density at radius 1 is 0.960 bits per heavy atom. The van der Waals surface area contributed by atoms with Crippen LogP contribution in [0.25, 0.3) is 16.7 Å². The van der Waals surface area contributed by atoms with Gasteiger partial charge in [0, 0.05) is 0 Å². The fraction of sp³-hybridized carbons (Fsp3) is 0.143. The maximum atomic E-state index is 3.65. The molecular weight excluding hydrogens is 442 g/mol. The van der Waals surface area contributed by atoms with E-state index >= 15 is 0 Å². The standard InChI is InChI=1S/C19H15.2CH3.2ClH.H2Si.Zr/c1-13-5-4-8-17(13)15-9-10-19-16(12-15)11-14-6-2-3-7-18(14)19;;;;;;/h2-7,9-10H,8,11H2,1H3;2*1H3;2*1H;1H2;/q3*-1;;;;. The molecule has 0 atom stereocenters. The molecule has 4 rings (SSSR count). The first-order valence-electron chi connectivity index (χ1n) is 7.18. The Balaban J connectivity index is 0. The van der Waals surface area contributed by atoms with Gasteiger partial charge < -0.3 is 14.9 Å². The van der Waals surface area contributed by atoms with Gasteiger partial charge in [-0.15, -0.1) is 59.7 Å². The van der Waals surface area contributed by atoms with Crippen LogP contribution in [-0.4, -0.2) is 6.88 Å². The van der Waals surface area contributed by atoms with Crippen LogP contribution in [0, 0.1) is 20.9 Å². The van der Waals surface area contributed by atoms with Crippen LogP contribution in [-0.2, 0) is 29.8 Å². The van der Waals surface area contributed by atoms with E-state index in [0.29, 0.717) is 0 Å². The van der Waals surface area contributed by atoms with Crippen LogP contribution >= 0.6 is 24.8 Å². The number of benzene rings is 2. The average molecular weight is 468 g/mol. The average Bonchev–Trinajstić information content (AvgIpc) is 3.11. The molecule has 25 heavy (non-hydrogen) atoms. The Bertz CT molecular complexity index is 766. The van der Waals surface area contributed by atoms with Gasteiger partial charge in [0.2, 0.25) is 0 Å². The first kappa shape index (κ1) is 26.8. The molecule has 0 radical (unpaired) electrons. The summed E-state index contributed by atoms with van der Waals surface area (Å²) in [4.78, 5) is 0. The summed E-state index contributed by atoms with van der Waals surface area (Å²) >= 11 is 1.58. The van der Waals surface area contributed by atoms with Gasteiger partial charge in [-0.1, -0.05) is 53.1 Å². The number of halogens is 2. The summed E-state index contributed by atoms with van der Waals surface area (Å²) in [6, 6.07) is 16.8. The monoisotopic (exact) mass is 465 g/mol. The molecule has 0 saturated heterocycles. The van der Waals surface area contributed by atoms with E-state index < -0.39 is 0 Å². The predicted molar refractivity (Wildman–Crippen MR) is 116 cm³/mol. The first-order valence-corrected chi connectivity index (χ1v) is 13.1. The van der Waals surface area contributed by atoms with Crippen molar-refractivity contribution in [2.45, 2.75) is 19.8 Å². The fourth-order valence-corrected chi connectivity index (χ4v) is 3.17. The van der Waals surface area contributed by atoms with E-state index in [4.69, 9.17) is 0 Å². The topological polar surface area (TPSA) is 0 Å². The van der Waals surface area contributed by atoms with Crippen molar-refractivity contribution in [3.05, 3.63) is 91.7 Å². The van der Waals surface area contributed by atoms with Gasteiger partial charge in [-0.3, -0.25) is 0 Å². The molecule has 0 fully saturated rings. The molecule has 0 N–H and O–H groups in total. The molecule has 0 bridgehead atoms. The van der Waals surface area contributed by atoms with Gasteiger partial charge in [-0.2, -0.15) is 0 Å². The van der Waals surface area contributed by atoms with Gasteiger partial charge in [0.15, 0.2) is 0 Å². The van der Waals surface area contributed by atoms with Gasteiger partial charge in [-0.25, -0.2) is 0 Å². The molecule has 2 aliphatic carbocycles. The third kappa shape index (κ3) is 5.30. The minimum absolute atomic E-state index is 0. The number of hydrogen-bond donors (Lipinski definition) is 0. The predicted octanol–water partition coefficient (Wildman–Crippen LogP) is 5.62. The van der Waals surface area contributed by atoms with Crippen LogP contribution in [0.5, 0.6) is 0 Å². The zero-order valence-electron chi connectivity index (χ0n) is 15.1. The molecule has 2 aromatic carbocycles. The van der Waals surface area contributed by atoms with Crippen LogP contribution in [0.3, 0.4) is 0 Å². The van der Waals surface area contributed by atoms with Crippen LogP contribution < -0.4 is 0 Å². The number of hydrogen-bond acceptors (Lipinski definition) is 0. The molecule has 0 amide bonds.